The molecule has 1 N–H and O–H groups in total. The fraction of sp³-hybridized carbons (Fsp3) is 0.269. The molecule has 0 amide bonds. The Bertz CT molecular complexity index is 1160. The van der Waals surface area contributed by atoms with Gasteiger partial charge in [-0.25, -0.2) is 4.98 Å². The van der Waals surface area contributed by atoms with Gasteiger partial charge in [0.2, 0.25) is 0 Å². The van der Waals surface area contributed by atoms with E-state index in [9.17, 15) is 0 Å². The van der Waals surface area contributed by atoms with Gasteiger partial charge >= 0.3 is 0 Å². The maximum Gasteiger partial charge on any atom is 0.143 e. The third-order valence-corrected chi connectivity index (χ3v) is 5.53. The molecule has 0 bridgehead atoms. The van der Waals surface area contributed by atoms with E-state index in [1.54, 1.807) is 0 Å². The first kappa shape index (κ1) is 19.3. The van der Waals surface area contributed by atoms with Crippen molar-refractivity contribution in [2.45, 2.75) is 47.0 Å². The third-order valence-electron chi connectivity index (χ3n) is 5.53. The summed E-state index contributed by atoms with van der Waals surface area (Å²) in [4.78, 5) is 4.99. The number of rotatable bonds is 3. The van der Waals surface area contributed by atoms with Crippen LogP contribution in [0.5, 0.6) is 0 Å². The molecular formula is C26H29N3. The normalized spacial score (nSPS) is 11.8. The van der Waals surface area contributed by atoms with Crippen LogP contribution in [0.25, 0.3) is 16.9 Å². The number of aromatic nitrogens is 2. The maximum atomic E-state index is 4.99. The minimum absolute atomic E-state index is 0.133. The Balaban J connectivity index is 1.88. The molecule has 0 saturated carbocycles. The largest absolute Gasteiger partial charge is 0.339 e. The summed E-state index contributed by atoms with van der Waals surface area (Å²) in [5, 5.41) is 3.70. The number of para-hydroxylation sites is 1. The van der Waals surface area contributed by atoms with Gasteiger partial charge in [0.15, 0.2) is 0 Å². The first-order chi connectivity index (χ1) is 13.7. The highest BCUT2D eigenvalue weighted by Crippen LogP contribution is 2.34. The molecule has 0 aliphatic rings. The Kier molecular flexibility index (Phi) is 4.70. The van der Waals surface area contributed by atoms with Crippen LogP contribution in [0, 0.1) is 20.8 Å². The number of hydrogen-bond donors (Lipinski definition) is 1. The van der Waals surface area contributed by atoms with Crippen LogP contribution >= 0.6 is 0 Å². The van der Waals surface area contributed by atoms with Gasteiger partial charge in [0.25, 0.3) is 0 Å². The molecule has 2 aromatic carbocycles. The third kappa shape index (κ3) is 3.65. The number of pyridine rings is 1. The summed E-state index contributed by atoms with van der Waals surface area (Å²) >= 11 is 0. The lowest BCUT2D eigenvalue weighted by molar-refractivity contribution is 0.590. The van der Waals surface area contributed by atoms with Crippen molar-refractivity contribution >= 4 is 17.2 Å². The summed E-state index contributed by atoms with van der Waals surface area (Å²) in [6.07, 6.45) is 2.10. The maximum absolute atomic E-state index is 4.99. The summed E-state index contributed by atoms with van der Waals surface area (Å²) in [6.45, 7) is 13.1. The van der Waals surface area contributed by atoms with E-state index in [0.717, 1.165) is 28.4 Å². The second kappa shape index (κ2) is 7.07. The quantitative estimate of drug-likeness (QED) is 0.414. The Morgan fingerprint density at radius 1 is 0.862 bits per heavy atom. The Hall–Kier alpha value is -3.07. The molecule has 2 heterocycles. The molecule has 0 unspecified atom stereocenters. The average molecular weight is 384 g/mol. The van der Waals surface area contributed by atoms with Crippen LogP contribution in [0.1, 0.15) is 43.0 Å². The first-order valence-corrected chi connectivity index (χ1v) is 10.2. The zero-order valence-corrected chi connectivity index (χ0v) is 18.2. The predicted octanol–water partition coefficient (Wildman–Crippen LogP) is 6.97. The highest BCUT2D eigenvalue weighted by molar-refractivity contribution is 5.81. The van der Waals surface area contributed by atoms with Crippen LogP contribution in [-0.4, -0.2) is 9.38 Å². The minimum Gasteiger partial charge on any atom is -0.339 e. The summed E-state index contributed by atoms with van der Waals surface area (Å²) in [5.41, 5.74) is 9.29. The van der Waals surface area contributed by atoms with Gasteiger partial charge in [-0.05, 0) is 60.6 Å². The molecule has 0 fully saturated rings. The molecule has 0 aliphatic heterocycles. The summed E-state index contributed by atoms with van der Waals surface area (Å²) in [6, 6.07) is 19.4. The Morgan fingerprint density at radius 2 is 1.52 bits per heavy atom. The zero-order valence-electron chi connectivity index (χ0n) is 18.2. The highest BCUT2D eigenvalue weighted by Gasteiger charge is 2.18. The lowest BCUT2D eigenvalue weighted by Gasteiger charge is -2.19. The van der Waals surface area contributed by atoms with E-state index in [1.165, 1.54) is 22.3 Å². The van der Waals surface area contributed by atoms with E-state index in [0.29, 0.717) is 0 Å². The topological polar surface area (TPSA) is 29.3 Å². The molecule has 3 nitrogen and oxygen atoms in total. The molecule has 2 aromatic heterocycles. The lowest BCUT2D eigenvalue weighted by atomic mass is 9.86. The molecule has 3 heteroatoms. The Labute approximate surface area is 173 Å². The van der Waals surface area contributed by atoms with Crippen molar-refractivity contribution in [1.82, 2.24) is 9.38 Å². The van der Waals surface area contributed by atoms with Crippen LogP contribution in [0.4, 0.5) is 11.5 Å². The molecule has 4 rings (SSSR count). The van der Waals surface area contributed by atoms with Gasteiger partial charge in [0.05, 0.1) is 0 Å². The van der Waals surface area contributed by atoms with Gasteiger partial charge in [0, 0.05) is 17.4 Å². The van der Waals surface area contributed by atoms with Gasteiger partial charge in [0.1, 0.15) is 17.2 Å². The van der Waals surface area contributed by atoms with Crippen molar-refractivity contribution < 1.29 is 0 Å². The van der Waals surface area contributed by atoms with Crippen LogP contribution in [-0.2, 0) is 5.41 Å². The number of nitrogens with zero attached hydrogens (tertiary/aromatic N) is 2. The van der Waals surface area contributed by atoms with Gasteiger partial charge in [-0.2, -0.15) is 0 Å². The van der Waals surface area contributed by atoms with Crippen molar-refractivity contribution in [3.05, 3.63) is 83.0 Å². The summed E-state index contributed by atoms with van der Waals surface area (Å²) < 4.78 is 2.14. The smallest absolute Gasteiger partial charge is 0.143 e. The number of anilines is 2. The number of nitrogens with one attached hydrogen (secondary N) is 1. The number of aryl methyl sites for hydroxylation is 3. The Morgan fingerprint density at radius 3 is 2.14 bits per heavy atom. The molecule has 0 saturated heterocycles. The molecular weight excluding hydrogens is 354 g/mol. The van der Waals surface area contributed by atoms with Crippen molar-refractivity contribution in [2.24, 2.45) is 0 Å². The monoisotopic (exact) mass is 383 g/mol. The van der Waals surface area contributed by atoms with E-state index in [1.807, 2.05) is 0 Å². The lowest BCUT2D eigenvalue weighted by Crippen LogP contribution is -2.10. The van der Waals surface area contributed by atoms with Crippen LogP contribution < -0.4 is 5.32 Å². The van der Waals surface area contributed by atoms with Gasteiger partial charge in [-0.1, -0.05) is 63.2 Å². The number of imidazole rings is 1. The van der Waals surface area contributed by atoms with Crippen LogP contribution in [0.15, 0.2) is 60.8 Å². The van der Waals surface area contributed by atoms with Gasteiger partial charge < -0.3 is 5.32 Å². The highest BCUT2D eigenvalue weighted by atomic mass is 15.1. The van der Waals surface area contributed by atoms with Gasteiger partial charge in [-0.3, -0.25) is 4.40 Å². The zero-order chi connectivity index (χ0) is 20.8. The average Bonchev–Trinajstić information content (AvgIpc) is 3.01. The first-order valence-electron chi connectivity index (χ1n) is 10.2. The fourth-order valence-corrected chi connectivity index (χ4v) is 3.73. The molecule has 0 radical (unpaired) electrons. The predicted molar refractivity (Wildman–Crippen MR) is 123 cm³/mol. The van der Waals surface area contributed by atoms with Crippen molar-refractivity contribution in [3.63, 3.8) is 0 Å². The second-order valence-corrected chi connectivity index (χ2v) is 8.96. The molecule has 0 spiro atoms. The number of benzene rings is 2. The number of hydrogen-bond acceptors (Lipinski definition) is 2. The van der Waals surface area contributed by atoms with E-state index >= 15 is 0 Å². The van der Waals surface area contributed by atoms with E-state index in [4.69, 9.17) is 4.98 Å². The summed E-state index contributed by atoms with van der Waals surface area (Å²) in [7, 11) is 0. The van der Waals surface area contributed by atoms with Crippen LogP contribution in [0.3, 0.4) is 0 Å². The van der Waals surface area contributed by atoms with E-state index in [2.05, 4.69) is 112 Å². The van der Waals surface area contributed by atoms with Crippen LogP contribution in [0.2, 0.25) is 0 Å². The molecule has 29 heavy (non-hydrogen) atoms. The standard InChI is InChI=1S/C26H29N3/c1-17-14-15-29-22(16-17)27-24(20-10-12-21(13-11-20)26(4,5)6)25(29)28-23-18(2)8-7-9-19(23)3/h7-16,28H,1-6H3. The molecule has 0 aliphatic carbocycles. The molecule has 4 aromatic rings. The fourth-order valence-electron chi connectivity index (χ4n) is 3.73. The molecule has 0 atom stereocenters. The SMILES string of the molecule is Cc1ccn2c(Nc3c(C)cccc3C)c(-c3ccc(C(C)(C)C)cc3)nc2c1. The van der Waals surface area contributed by atoms with Crippen molar-refractivity contribution in [3.8, 4) is 11.3 Å². The minimum atomic E-state index is 0.133. The van der Waals surface area contributed by atoms with E-state index in [-0.39, 0.29) is 5.41 Å². The van der Waals surface area contributed by atoms with Crippen molar-refractivity contribution in [1.29, 1.82) is 0 Å². The van der Waals surface area contributed by atoms with Gasteiger partial charge in [-0.15, -0.1) is 0 Å². The summed E-state index contributed by atoms with van der Waals surface area (Å²) in [5.74, 6) is 1.00. The van der Waals surface area contributed by atoms with E-state index < -0.39 is 0 Å². The molecule has 148 valence electrons. The number of fused-ring (bicyclic) bond motifs is 1. The second-order valence-electron chi connectivity index (χ2n) is 8.96. The van der Waals surface area contributed by atoms with Crippen molar-refractivity contribution in [2.75, 3.05) is 5.32 Å².